The van der Waals surface area contributed by atoms with Crippen molar-refractivity contribution in [2.45, 2.75) is 38.6 Å². The van der Waals surface area contributed by atoms with E-state index in [1.54, 1.807) is 28.0 Å². The number of aromatic hydroxyl groups is 1. The number of phenols is 1. The molecule has 0 fully saturated rings. The number of aromatic nitrogens is 2. The molecule has 1 N–H and O–H groups in total. The third-order valence-corrected chi connectivity index (χ3v) is 5.68. The lowest BCUT2D eigenvalue weighted by atomic mass is 9.96. The Morgan fingerprint density at radius 2 is 1.96 bits per heavy atom. The zero-order valence-electron chi connectivity index (χ0n) is 13.9. The molecule has 128 valence electrons. The smallest absolute Gasteiger partial charge is 0.257 e. The summed E-state index contributed by atoms with van der Waals surface area (Å²) in [6.07, 6.45) is 4.56. The van der Waals surface area contributed by atoms with E-state index in [2.05, 4.69) is 6.07 Å². The number of nitrogens with zero attached hydrogens (tertiary/aromatic N) is 2. The number of para-hydroxylation sites is 1. The molecule has 3 aromatic rings. The SMILES string of the molecule is O=c1c2c(nc(-c3ccccc3O)n1CCc1cccs1)CCCC2. The van der Waals surface area contributed by atoms with Gasteiger partial charge in [-0.15, -0.1) is 11.3 Å². The standard InChI is InChI=1S/C20H20N2O2S/c23-18-10-4-2-8-16(18)19-21-17-9-3-1-7-15(17)20(24)22(19)12-11-14-6-5-13-25-14/h2,4-6,8,10,13,23H,1,3,7,9,11-12H2. The molecule has 0 radical (unpaired) electrons. The lowest BCUT2D eigenvalue weighted by Gasteiger charge is -2.20. The van der Waals surface area contributed by atoms with Crippen LogP contribution in [-0.2, 0) is 25.8 Å². The van der Waals surface area contributed by atoms with Crippen LogP contribution in [0.25, 0.3) is 11.4 Å². The van der Waals surface area contributed by atoms with Gasteiger partial charge in [-0.05, 0) is 55.7 Å². The number of rotatable bonds is 4. The van der Waals surface area contributed by atoms with Crippen molar-refractivity contribution in [2.24, 2.45) is 0 Å². The average molecular weight is 352 g/mol. The van der Waals surface area contributed by atoms with Crippen LogP contribution in [0.2, 0.25) is 0 Å². The molecule has 2 heterocycles. The molecule has 2 aromatic heterocycles. The first kappa shape index (κ1) is 16.1. The highest BCUT2D eigenvalue weighted by Crippen LogP contribution is 2.28. The van der Waals surface area contributed by atoms with Crippen LogP contribution in [0.15, 0.2) is 46.6 Å². The van der Waals surface area contributed by atoms with Gasteiger partial charge in [0.1, 0.15) is 11.6 Å². The summed E-state index contributed by atoms with van der Waals surface area (Å²) in [5.41, 5.74) is 2.44. The van der Waals surface area contributed by atoms with E-state index in [4.69, 9.17) is 4.98 Å². The first-order valence-corrected chi connectivity index (χ1v) is 9.55. The number of hydrogen-bond donors (Lipinski definition) is 1. The molecule has 1 aliphatic carbocycles. The predicted molar refractivity (Wildman–Crippen MR) is 100 cm³/mol. The van der Waals surface area contributed by atoms with Crippen molar-refractivity contribution in [1.29, 1.82) is 0 Å². The third-order valence-electron chi connectivity index (χ3n) is 4.75. The van der Waals surface area contributed by atoms with E-state index in [-0.39, 0.29) is 11.3 Å². The summed E-state index contributed by atoms with van der Waals surface area (Å²) in [6, 6.07) is 11.2. The van der Waals surface area contributed by atoms with Gasteiger partial charge >= 0.3 is 0 Å². The van der Waals surface area contributed by atoms with Crippen LogP contribution in [0.5, 0.6) is 5.75 Å². The lowest BCUT2D eigenvalue weighted by molar-refractivity contribution is 0.475. The minimum absolute atomic E-state index is 0.0551. The van der Waals surface area contributed by atoms with Crippen LogP contribution in [0, 0.1) is 0 Å². The summed E-state index contributed by atoms with van der Waals surface area (Å²) in [7, 11) is 0. The van der Waals surface area contributed by atoms with Gasteiger partial charge in [-0.1, -0.05) is 18.2 Å². The number of fused-ring (bicyclic) bond motifs is 1. The Hall–Kier alpha value is -2.40. The first-order chi connectivity index (χ1) is 12.2. The van der Waals surface area contributed by atoms with Crippen LogP contribution >= 0.6 is 11.3 Å². The first-order valence-electron chi connectivity index (χ1n) is 8.67. The fourth-order valence-corrected chi connectivity index (χ4v) is 4.14. The molecule has 0 bridgehead atoms. The van der Waals surface area contributed by atoms with Crippen LogP contribution in [0.3, 0.4) is 0 Å². The molecule has 0 saturated carbocycles. The topological polar surface area (TPSA) is 55.1 Å². The van der Waals surface area contributed by atoms with Gasteiger partial charge in [-0.25, -0.2) is 4.98 Å². The molecule has 1 aliphatic rings. The fourth-order valence-electron chi connectivity index (χ4n) is 3.44. The van der Waals surface area contributed by atoms with Crippen molar-refractivity contribution in [3.8, 4) is 17.1 Å². The monoisotopic (exact) mass is 352 g/mol. The molecule has 0 saturated heterocycles. The molecular weight excluding hydrogens is 332 g/mol. The molecule has 0 unspecified atom stereocenters. The van der Waals surface area contributed by atoms with E-state index in [1.807, 2.05) is 23.6 Å². The van der Waals surface area contributed by atoms with Crippen LogP contribution < -0.4 is 5.56 Å². The highest BCUT2D eigenvalue weighted by Gasteiger charge is 2.21. The van der Waals surface area contributed by atoms with E-state index >= 15 is 0 Å². The molecule has 0 atom stereocenters. The van der Waals surface area contributed by atoms with Crippen LogP contribution in [-0.4, -0.2) is 14.7 Å². The van der Waals surface area contributed by atoms with Gasteiger partial charge in [0, 0.05) is 17.0 Å². The Bertz CT molecular complexity index is 945. The number of thiophene rings is 1. The summed E-state index contributed by atoms with van der Waals surface area (Å²) in [5.74, 6) is 0.746. The van der Waals surface area contributed by atoms with E-state index in [0.29, 0.717) is 17.9 Å². The van der Waals surface area contributed by atoms with E-state index in [0.717, 1.165) is 43.4 Å². The number of phenolic OH excluding ortho intramolecular Hbond substituents is 1. The highest BCUT2D eigenvalue weighted by atomic mass is 32.1. The van der Waals surface area contributed by atoms with Crippen LogP contribution in [0.1, 0.15) is 29.0 Å². The molecule has 0 aliphatic heterocycles. The molecule has 0 spiro atoms. The Morgan fingerprint density at radius 1 is 1.12 bits per heavy atom. The Labute approximate surface area is 150 Å². The van der Waals surface area contributed by atoms with Gasteiger partial charge in [-0.2, -0.15) is 0 Å². The van der Waals surface area contributed by atoms with Crippen molar-refractivity contribution in [3.05, 3.63) is 68.3 Å². The average Bonchev–Trinajstić information content (AvgIpc) is 3.15. The zero-order chi connectivity index (χ0) is 17.2. The Balaban J connectivity index is 1.84. The second kappa shape index (κ2) is 6.84. The molecule has 25 heavy (non-hydrogen) atoms. The quantitative estimate of drug-likeness (QED) is 0.777. The van der Waals surface area contributed by atoms with E-state index in [9.17, 15) is 9.90 Å². The number of aryl methyl sites for hydroxylation is 2. The second-order valence-electron chi connectivity index (χ2n) is 6.37. The van der Waals surface area contributed by atoms with Crippen molar-refractivity contribution in [2.75, 3.05) is 0 Å². The summed E-state index contributed by atoms with van der Waals surface area (Å²) < 4.78 is 1.75. The molecular formula is C20H20N2O2S. The summed E-state index contributed by atoms with van der Waals surface area (Å²) in [6.45, 7) is 0.573. The predicted octanol–water partition coefficient (Wildman–Crippen LogP) is 3.80. The summed E-state index contributed by atoms with van der Waals surface area (Å²) >= 11 is 1.70. The Kier molecular flexibility index (Phi) is 4.40. The maximum Gasteiger partial charge on any atom is 0.257 e. The van der Waals surface area contributed by atoms with E-state index < -0.39 is 0 Å². The summed E-state index contributed by atoms with van der Waals surface area (Å²) in [5, 5.41) is 12.3. The normalized spacial score (nSPS) is 13.6. The van der Waals surface area contributed by atoms with Crippen molar-refractivity contribution in [1.82, 2.24) is 9.55 Å². The Morgan fingerprint density at radius 3 is 2.76 bits per heavy atom. The molecule has 4 nitrogen and oxygen atoms in total. The van der Waals surface area contributed by atoms with Gasteiger partial charge in [0.25, 0.3) is 5.56 Å². The van der Waals surface area contributed by atoms with Gasteiger partial charge < -0.3 is 5.11 Å². The van der Waals surface area contributed by atoms with Gasteiger partial charge in [0.05, 0.1) is 11.3 Å². The third kappa shape index (κ3) is 3.12. The molecule has 0 amide bonds. The maximum atomic E-state index is 13.1. The highest BCUT2D eigenvalue weighted by molar-refractivity contribution is 7.09. The van der Waals surface area contributed by atoms with E-state index in [1.165, 1.54) is 4.88 Å². The van der Waals surface area contributed by atoms with Gasteiger partial charge in [0.15, 0.2) is 0 Å². The molecule has 5 heteroatoms. The maximum absolute atomic E-state index is 13.1. The molecule has 1 aromatic carbocycles. The van der Waals surface area contributed by atoms with Gasteiger partial charge in [0.2, 0.25) is 0 Å². The number of benzene rings is 1. The van der Waals surface area contributed by atoms with Crippen LogP contribution in [0.4, 0.5) is 0 Å². The minimum atomic E-state index is 0.0551. The van der Waals surface area contributed by atoms with Crippen molar-refractivity contribution in [3.63, 3.8) is 0 Å². The second-order valence-corrected chi connectivity index (χ2v) is 7.40. The van der Waals surface area contributed by atoms with Crippen molar-refractivity contribution >= 4 is 11.3 Å². The minimum Gasteiger partial charge on any atom is -0.507 e. The fraction of sp³-hybridized carbons (Fsp3) is 0.300. The van der Waals surface area contributed by atoms with Crippen molar-refractivity contribution < 1.29 is 5.11 Å². The lowest BCUT2D eigenvalue weighted by Crippen LogP contribution is -2.30. The largest absolute Gasteiger partial charge is 0.507 e. The molecule has 4 rings (SSSR count). The van der Waals surface area contributed by atoms with Gasteiger partial charge in [-0.3, -0.25) is 9.36 Å². The zero-order valence-corrected chi connectivity index (χ0v) is 14.8. The summed E-state index contributed by atoms with van der Waals surface area (Å²) in [4.78, 5) is 19.2. The number of hydrogen-bond acceptors (Lipinski definition) is 4.